The topological polar surface area (TPSA) is 77.5 Å². The number of halogens is 4. The molecule has 1 aliphatic heterocycles. The van der Waals surface area contributed by atoms with Gasteiger partial charge in [-0.3, -0.25) is 14.6 Å². The molecule has 10 heteroatoms. The molecule has 1 amide bonds. The Balaban J connectivity index is 2.04. The number of amides is 1. The van der Waals surface area contributed by atoms with E-state index in [2.05, 4.69) is 10.3 Å². The maximum Gasteiger partial charge on any atom is 0.417 e. The molecular formula is C22H22F4N2O4. The molecule has 0 unspecified atom stereocenters. The number of alkyl halides is 3. The van der Waals surface area contributed by atoms with Crippen LogP contribution < -0.4 is 10.1 Å². The van der Waals surface area contributed by atoms with Crippen molar-refractivity contribution in [3.63, 3.8) is 0 Å². The molecule has 0 radical (unpaired) electrons. The Bertz CT molecular complexity index is 1040. The molecule has 1 N–H and O–H groups in total. The average molecular weight is 454 g/mol. The largest absolute Gasteiger partial charge is 0.496 e. The molecule has 32 heavy (non-hydrogen) atoms. The molecule has 0 aliphatic carbocycles. The fourth-order valence-corrected chi connectivity index (χ4v) is 3.90. The maximum atomic E-state index is 13.9. The number of nitrogens with one attached hydrogen (secondary N) is 1. The van der Waals surface area contributed by atoms with E-state index in [9.17, 15) is 27.2 Å². The van der Waals surface area contributed by atoms with Crippen LogP contribution in [-0.4, -0.2) is 41.7 Å². The van der Waals surface area contributed by atoms with Crippen LogP contribution >= 0.6 is 0 Å². The molecule has 172 valence electrons. The van der Waals surface area contributed by atoms with E-state index in [-0.39, 0.29) is 28.5 Å². The fraction of sp³-hybridized carbons (Fsp3) is 0.409. The molecule has 0 spiro atoms. The highest BCUT2D eigenvalue weighted by atomic mass is 19.4. The summed E-state index contributed by atoms with van der Waals surface area (Å²) >= 11 is 0. The zero-order valence-corrected chi connectivity index (χ0v) is 17.8. The molecule has 1 fully saturated rings. The second-order valence-electron chi connectivity index (χ2n) is 7.82. The lowest BCUT2D eigenvalue weighted by molar-refractivity contribution is -0.272. The number of carbonyl (C=O) groups is 2. The minimum Gasteiger partial charge on any atom is -0.496 e. The van der Waals surface area contributed by atoms with E-state index in [1.165, 1.54) is 45.4 Å². The van der Waals surface area contributed by atoms with Crippen LogP contribution in [0.1, 0.15) is 42.7 Å². The molecular weight excluding hydrogens is 432 g/mol. The fourth-order valence-electron chi connectivity index (χ4n) is 3.90. The van der Waals surface area contributed by atoms with Gasteiger partial charge in [0, 0.05) is 42.3 Å². The van der Waals surface area contributed by atoms with Gasteiger partial charge in [0.2, 0.25) is 0 Å². The summed E-state index contributed by atoms with van der Waals surface area (Å²) in [6, 6.07) is 6.14. The Kier molecular flexibility index (Phi) is 6.28. The predicted molar refractivity (Wildman–Crippen MR) is 107 cm³/mol. The Labute approximate surface area is 181 Å². The summed E-state index contributed by atoms with van der Waals surface area (Å²) in [5, 5.41) is 2.50. The van der Waals surface area contributed by atoms with Crippen LogP contribution in [0.3, 0.4) is 0 Å². The third-order valence-electron chi connectivity index (χ3n) is 5.87. The molecule has 1 saturated heterocycles. The van der Waals surface area contributed by atoms with Gasteiger partial charge < -0.3 is 14.8 Å². The molecule has 1 aromatic carbocycles. The Morgan fingerprint density at radius 1 is 1.22 bits per heavy atom. The quantitative estimate of drug-likeness (QED) is 0.531. The number of hydrogen-bond donors (Lipinski definition) is 1. The van der Waals surface area contributed by atoms with E-state index < -0.39 is 41.4 Å². The molecule has 2 heterocycles. The molecule has 1 aromatic heterocycles. The van der Waals surface area contributed by atoms with E-state index in [1.54, 1.807) is 0 Å². The summed E-state index contributed by atoms with van der Waals surface area (Å²) in [6.45, 7) is 3.50. The van der Waals surface area contributed by atoms with Gasteiger partial charge in [0.25, 0.3) is 5.91 Å². The normalized spacial score (nSPS) is 25.4. The number of nitrogens with zero attached hydrogens (tertiary/aromatic N) is 1. The van der Waals surface area contributed by atoms with Crippen molar-refractivity contribution < 1.29 is 36.6 Å². The third kappa shape index (κ3) is 4.19. The van der Waals surface area contributed by atoms with Crippen molar-refractivity contribution >= 4 is 17.4 Å². The van der Waals surface area contributed by atoms with E-state index >= 15 is 0 Å². The van der Waals surface area contributed by atoms with Gasteiger partial charge in [0.15, 0.2) is 11.4 Å². The summed E-state index contributed by atoms with van der Waals surface area (Å²) in [6.07, 6.45) is -5.04. The number of hydrogen-bond acceptors (Lipinski definition) is 5. The summed E-state index contributed by atoms with van der Waals surface area (Å²) < 4.78 is 66.1. The van der Waals surface area contributed by atoms with Crippen LogP contribution in [0.25, 0.3) is 0 Å². The van der Waals surface area contributed by atoms with Crippen LogP contribution in [0.2, 0.25) is 0 Å². The van der Waals surface area contributed by atoms with E-state index in [4.69, 9.17) is 9.47 Å². The number of aromatic nitrogens is 1. The number of anilines is 1. The van der Waals surface area contributed by atoms with Crippen molar-refractivity contribution in [1.29, 1.82) is 0 Å². The molecule has 4 atom stereocenters. The van der Waals surface area contributed by atoms with Gasteiger partial charge in [-0.15, -0.1) is 0 Å². The first kappa shape index (κ1) is 23.6. The van der Waals surface area contributed by atoms with Gasteiger partial charge in [-0.1, -0.05) is 13.0 Å². The average Bonchev–Trinajstić information content (AvgIpc) is 3.00. The molecule has 0 saturated carbocycles. The number of rotatable bonds is 5. The second kappa shape index (κ2) is 8.50. The van der Waals surface area contributed by atoms with Crippen molar-refractivity contribution in [1.82, 2.24) is 4.98 Å². The molecule has 6 nitrogen and oxygen atoms in total. The van der Waals surface area contributed by atoms with Crippen molar-refractivity contribution in [2.45, 2.75) is 44.6 Å². The van der Waals surface area contributed by atoms with Crippen molar-refractivity contribution in [3.05, 3.63) is 53.6 Å². The standard InChI is InChI=1S/C22H22F4N2O4/c1-11-18(15-6-5-13(23)9-17(15)31-4)19(32-21(11,3)22(24,25)26)20(30)28-14-7-8-27-16(10-14)12(2)29/h5-11,18-19H,1-4H3,(H,27,28,30)/t11-,18+,19-,21+/m1/s1. The summed E-state index contributed by atoms with van der Waals surface area (Å²) in [7, 11) is 1.26. The Morgan fingerprint density at radius 3 is 2.50 bits per heavy atom. The zero-order chi connectivity index (χ0) is 23.8. The molecule has 1 aliphatic rings. The number of ketones is 1. The maximum absolute atomic E-state index is 13.9. The van der Waals surface area contributed by atoms with Crippen LogP contribution in [-0.2, 0) is 9.53 Å². The summed E-state index contributed by atoms with van der Waals surface area (Å²) in [5.74, 6) is -4.11. The highest BCUT2D eigenvalue weighted by Crippen LogP contribution is 2.54. The Hall–Kier alpha value is -3.01. The highest BCUT2D eigenvalue weighted by molar-refractivity contribution is 5.97. The summed E-state index contributed by atoms with van der Waals surface area (Å²) in [5.41, 5.74) is -2.16. The van der Waals surface area contributed by atoms with E-state index in [0.29, 0.717) is 0 Å². The molecule has 2 aromatic rings. The number of carbonyl (C=O) groups excluding carboxylic acids is 2. The van der Waals surface area contributed by atoms with Crippen LogP contribution in [0.5, 0.6) is 5.75 Å². The van der Waals surface area contributed by atoms with Gasteiger partial charge in [0.1, 0.15) is 23.4 Å². The van der Waals surface area contributed by atoms with Crippen molar-refractivity contribution in [2.75, 3.05) is 12.4 Å². The highest BCUT2D eigenvalue weighted by Gasteiger charge is 2.65. The van der Waals surface area contributed by atoms with Gasteiger partial charge in [0.05, 0.1) is 7.11 Å². The van der Waals surface area contributed by atoms with Crippen LogP contribution in [0.15, 0.2) is 36.5 Å². The number of methoxy groups -OCH3 is 1. The third-order valence-corrected chi connectivity index (χ3v) is 5.87. The predicted octanol–water partition coefficient (Wildman–Crippen LogP) is 4.51. The van der Waals surface area contributed by atoms with Crippen molar-refractivity contribution in [2.24, 2.45) is 5.92 Å². The summed E-state index contributed by atoms with van der Waals surface area (Å²) in [4.78, 5) is 28.5. The first-order valence-electron chi connectivity index (χ1n) is 9.75. The van der Waals surface area contributed by atoms with Gasteiger partial charge in [-0.25, -0.2) is 4.39 Å². The van der Waals surface area contributed by atoms with E-state index in [1.807, 2.05) is 0 Å². The molecule has 3 rings (SSSR count). The number of pyridine rings is 1. The second-order valence-corrected chi connectivity index (χ2v) is 7.82. The first-order valence-corrected chi connectivity index (χ1v) is 9.75. The van der Waals surface area contributed by atoms with Crippen LogP contribution in [0, 0.1) is 11.7 Å². The van der Waals surface area contributed by atoms with Gasteiger partial charge in [-0.2, -0.15) is 13.2 Å². The first-order chi connectivity index (χ1) is 14.9. The lowest BCUT2D eigenvalue weighted by atomic mass is 9.77. The van der Waals surface area contributed by atoms with Gasteiger partial charge in [-0.05, 0) is 25.1 Å². The lowest BCUT2D eigenvalue weighted by Gasteiger charge is -2.32. The smallest absolute Gasteiger partial charge is 0.417 e. The number of Topliss-reactive ketones (excluding diaryl/α,β-unsaturated/α-hetero) is 1. The minimum absolute atomic E-state index is 0.0115. The number of benzene rings is 1. The van der Waals surface area contributed by atoms with Gasteiger partial charge >= 0.3 is 6.18 Å². The van der Waals surface area contributed by atoms with Crippen molar-refractivity contribution in [3.8, 4) is 5.75 Å². The lowest BCUT2D eigenvalue weighted by Crippen LogP contribution is -2.47. The van der Waals surface area contributed by atoms with E-state index in [0.717, 1.165) is 19.1 Å². The minimum atomic E-state index is -4.77. The van der Waals surface area contributed by atoms with Crippen LogP contribution in [0.4, 0.5) is 23.2 Å². The monoisotopic (exact) mass is 454 g/mol. The Morgan fingerprint density at radius 2 is 1.91 bits per heavy atom. The molecule has 0 bridgehead atoms. The number of ether oxygens (including phenoxy) is 2. The SMILES string of the molecule is COc1cc(F)ccc1[C@@H]1[C@@H](C)[C@@](C)(C(F)(F)F)O[C@H]1C(=O)Nc1ccnc(C(C)=O)c1. The zero-order valence-electron chi connectivity index (χ0n) is 17.8.